The Morgan fingerprint density at radius 2 is 1.79 bits per heavy atom. The minimum absolute atomic E-state index is 0.0855. The standard InChI is InChI=1S/C29H35FN6O2/c1-4-33(2)28-23-20-36(27(37)19-21-8-7-9-22(18-21)38-3)13-12-25(23)31-29(32-28)35-16-14-34(15-17-35)26-11-6-5-10-24(26)30/h5-11,18H,4,12-17,19-20H2,1-3H3. The number of hydrogen-bond donors (Lipinski definition) is 0. The van der Waals surface area contributed by atoms with E-state index in [0.717, 1.165) is 34.9 Å². The molecule has 200 valence electrons. The first-order chi connectivity index (χ1) is 18.5. The van der Waals surface area contributed by atoms with Crippen LogP contribution >= 0.6 is 0 Å². The second kappa shape index (κ2) is 11.2. The lowest BCUT2D eigenvalue weighted by Gasteiger charge is -2.37. The molecule has 38 heavy (non-hydrogen) atoms. The third-order valence-corrected chi connectivity index (χ3v) is 7.46. The number of halogens is 1. The molecule has 2 aromatic carbocycles. The van der Waals surface area contributed by atoms with Crippen LogP contribution in [0.25, 0.3) is 0 Å². The quantitative estimate of drug-likeness (QED) is 0.474. The van der Waals surface area contributed by atoms with Gasteiger partial charge in [0, 0.05) is 58.3 Å². The number of piperazine rings is 1. The topological polar surface area (TPSA) is 65.0 Å². The SMILES string of the molecule is CCN(C)c1nc(N2CCN(c3ccccc3F)CC2)nc2c1CN(C(=O)Cc1cccc(OC)c1)CC2. The van der Waals surface area contributed by atoms with Crippen LogP contribution < -0.4 is 19.4 Å². The Labute approximate surface area is 223 Å². The molecule has 1 amide bonds. The van der Waals surface area contributed by atoms with Crippen molar-refractivity contribution < 1.29 is 13.9 Å². The maximum absolute atomic E-state index is 14.3. The van der Waals surface area contributed by atoms with E-state index >= 15 is 0 Å². The summed E-state index contributed by atoms with van der Waals surface area (Å²) in [5, 5.41) is 0. The fraction of sp³-hybridized carbons (Fsp3) is 0.414. The van der Waals surface area contributed by atoms with E-state index in [9.17, 15) is 9.18 Å². The van der Waals surface area contributed by atoms with Crippen LogP contribution in [-0.2, 0) is 24.2 Å². The average molecular weight is 519 g/mol. The Kier molecular flexibility index (Phi) is 7.62. The van der Waals surface area contributed by atoms with Crippen LogP contribution in [-0.4, -0.2) is 74.2 Å². The normalized spacial score (nSPS) is 15.3. The van der Waals surface area contributed by atoms with Crippen molar-refractivity contribution in [1.82, 2.24) is 14.9 Å². The fourth-order valence-electron chi connectivity index (χ4n) is 5.13. The summed E-state index contributed by atoms with van der Waals surface area (Å²) < 4.78 is 19.6. The summed E-state index contributed by atoms with van der Waals surface area (Å²) in [4.78, 5) is 31.5. The predicted molar refractivity (Wildman–Crippen MR) is 148 cm³/mol. The van der Waals surface area contributed by atoms with Crippen molar-refractivity contribution in [3.63, 3.8) is 0 Å². The highest BCUT2D eigenvalue weighted by atomic mass is 19.1. The minimum atomic E-state index is -0.191. The van der Waals surface area contributed by atoms with Crippen molar-refractivity contribution in [3.8, 4) is 5.75 Å². The first kappa shape index (κ1) is 25.8. The van der Waals surface area contributed by atoms with E-state index in [1.165, 1.54) is 6.07 Å². The van der Waals surface area contributed by atoms with Crippen LogP contribution in [0.5, 0.6) is 5.75 Å². The van der Waals surface area contributed by atoms with E-state index in [0.29, 0.717) is 63.7 Å². The highest BCUT2D eigenvalue weighted by Crippen LogP contribution is 2.30. The summed E-state index contributed by atoms with van der Waals surface area (Å²) in [6.07, 6.45) is 1.02. The van der Waals surface area contributed by atoms with Crippen molar-refractivity contribution in [3.05, 3.63) is 71.2 Å². The number of ether oxygens (including phenoxy) is 1. The number of fused-ring (bicyclic) bond motifs is 1. The van der Waals surface area contributed by atoms with Gasteiger partial charge in [-0.3, -0.25) is 4.79 Å². The summed E-state index contributed by atoms with van der Waals surface area (Å²) >= 11 is 0. The molecule has 1 aromatic heterocycles. The molecule has 3 heterocycles. The van der Waals surface area contributed by atoms with E-state index in [4.69, 9.17) is 14.7 Å². The molecule has 2 aliphatic rings. The van der Waals surface area contributed by atoms with E-state index < -0.39 is 0 Å². The summed E-state index contributed by atoms with van der Waals surface area (Å²) in [6.45, 7) is 6.85. The van der Waals surface area contributed by atoms with Gasteiger partial charge in [0.05, 0.1) is 31.5 Å². The molecule has 2 aliphatic heterocycles. The minimum Gasteiger partial charge on any atom is -0.497 e. The second-order valence-electron chi connectivity index (χ2n) is 9.81. The maximum Gasteiger partial charge on any atom is 0.227 e. The summed E-state index contributed by atoms with van der Waals surface area (Å²) in [5.74, 6) is 2.24. The number of hydrogen-bond acceptors (Lipinski definition) is 7. The molecule has 0 atom stereocenters. The fourth-order valence-corrected chi connectivity index (χ4v) is 5.13. The Morgan fingerprint density at radius 1 is 1.03 bits per heavy atom. The number of carbonyl (C=O) groups excluding carboxylic acids is 1. The van der Waals surface area contributed by atoms with Gasteiger partial charge in [0.15, 0.2) is 0 Å². The predicted octanol–water partition coefficient (Wildman–Crippen LogP) is 3.53. The van der Waals surface area contributed by atoms with Crippen LogP contribution in [0.15, 0.2) is 48.5 Å². The first-order valence-electron chi connectivity index (χ1n) is 13.2. The van der Waals surface area contributed by atoms with Gasteiger partial charge < -0.3 is 24.3 Å². The number of benzene rings is 2. The maximum atomic E-state index is 14.3. The molecule has 0 unspecified atom stereocenters. The number of nitrogens with zero attached hydrogens (tertiary/aromatic N) is 6. The van der Waals surface area contributed by atoms with Crippen molar-refractivity contribution in [1.29, 1.82) is 0 Å². The monoisotopic (exact) mass is 518 g/mol. The van der Waals surface area contributed by atoms with Gasteiger partial charge in [-0.2, -0.15) is 4.98 Å². The molecular weight excluding hydrogens is 483 g/mol. The van der Waals surface area contributed by atoms with Gasteiger partial charge in [-0.25, -0.2) is 9.37 Å². The highest BCUT2D eigenvalue weighted by Gasteiger charge is 2.29. The number of para-hydroxylation sites is 1. The van der Waals surface area contributed by atoms with Crippen molar-refractivity contribution in [2.75, 3.05) is 68.1 Å². The molecule has 0 bridgehead atoms. The van der Waals surface area contributed by atoms with Crippen molar-refractivity contribution in [2.45, 2.75) is 26.3 Å². The molecule has 8 nitrogen and oxygen atoms in total. The number of methoxy groups -OCH3 is 1. The lowest BCUT2D eigenvalue weighted by atomic mass is 10.0. The molecule has 0 aliphatic carbocycles. The third-order valence-electron chi connectivity index (χ3n) is 7.46. The third kappa shape index (κ3) is 5.37. The molecule has 5 rings (SSSR count). The average Bonchev–Trinajstić information content (AvgIpc) is 2.96. The lowest BCUT2D eigenvalue weighted by Crippen LogP contribution is -2.47. The zero-order valence-corrected chi connectivity index (χ0v) is 22.4. The summed E-state index contributed by atoms with van der Waals surface area (Å²) in [6, 6.07) is 14.6. The number of rotatable bonds is 7. The van der Waals surface area contributed by atoms with E-state index in [1.54, 1.807) is 13.2 Å². The van der Waals surface area contributed by atoms with Gasteiger partial charge in [-0.05, 0) is 36.8 Å². The smallest absolute Gasteiger partial charge is 0.227 e. The molecule has 3 aromatic rings. The van der Waals surface area contributed by atoms with Gasteiger partial charge >= 0.3 is 0 Å². The molecule has 0 spiro atoms. The first-order valence-corrected chi connectivity index (χ1v) is 13.2. The molecule has 1 fully saturated rings. The van der Waals surface area contributed by atoms with Gasteiger partial charge in [-0.15, -0.1) is 0 Å². The van der Waals surface area contributed by atoms with Crippen LogP contribution in [0.4, 0.5) is 21.8 Å². The molecule has 0 N–H and O–H groups in total. The Balaban J connectivity index is 1.32. The molecular formula is C29H35FN6O2. The zero-order chi connectivity index (χ0) is 26.6. The van der Waals surface area contributed by atoms with E-state index in [-0.39, 0.29) is 11.7 Å². The van der Waals surface area contributed by atoms with Gasteiger partial charge in [0.2, 0.25) is 11.9 Å². The zero-order valence-electron chi connectivity index (χ0n) is 22.4. The number of anilines is 3. The summed E-state index contributed by atoms with van der Waals surface area (Å²) in [7, 11) is 3.66. The van der Waals surface area contributed by atoms with Crippen molar-refractivity contribution >= 4 is 23.4 Å². The van der Waals surface area contributed by atoms with Crippen molar-refractivity contribution in [2.24, 2.45) is 0 Å². The van der Waals surface area contributed by atoms with E-state index in [1.807, 2.05) is 48.3 Å². The van der Waals surface area contributed by atoms with Gasteiger partial charge in [0.25, 0.3) is 0 Å². The molecule has 1 saturated heterocycles. The van der Waals surface area contributed by atoms with Crippen LogP contribution in [0.2, 0.25) is 0 Å². The number of carbonyl (C=O) groups is 1. The molecule has 0 saturated carbocycles. The number of amides is 1. The second-order valence-corrected chi connectivity index (χ2v) is 9.81. The molecule has 0 radical (unpaired) electrons. The Hall–Kier alpha value is -3.88. The van der Waals surface area contributed by atoms with Crippen LogP contribution in [0.1, 0.15) is 23.7 Å². The summed E-state index contributed by atoms with van der Waals surface area (Å²) in [5.41, 5.74) is 3.61. The molecule has 9 heteroatoms. The van der Waals surface area contributed by atoms with Crippen LogP contribution in [0.3, 0.4) is 0 Å². The van der Waals surface area contributed by atoms with Crippen LogP contribution in [0, 0.1) is 5.82 Å². The highest BCUT2D eigenvalue weighted by molar-refractivity contribution is 5.79. The van der Waals surface area contributed by atoms with Gasteiger partial charge in [-0.1, -0.05) is 24.3 Å². The lowest BCUT2D eigenvalue weighted by molar-refractivity contribution is -0.131. The number of aromatic nitrogens is 2. The largest absolute Gasteiger partial charge is 0.497 e. The Morgan fingerprint density at radius 3 is 2.53 bits per heavy atom. The Bertz CT molecular complexity index is 1290. The van der Waals surface area contributed by atoms with Gasteiger partial charge in [0.1, 0.15) is 17.4 Å². The van der Waals surface area contributed by atoms with E-state index in [2.05, 4.69) is 21.6 Å².